The van der Waals surface area contributed by atoms with Crippen LogP contribution < -0.4 is 10.6 Å². The van der Waals surface area contributed by atoms with Gasteiger partial charge in [0.05, 0.1) is 12.2 Å². The van der Waals surface area contributed by atoms with Crippen molar-refractivity contribution in [2.45, 2.75) is 13.0 Å². The van der Waals surface area contributed by atoms with Crippen LogP contribution in [0.15, 0.2) is 48.5 Å². The molecule has 0 saturated heterocycles. The molecule has 5 heteroatoms. The number of rotatable bonds is 5. The van der Waals surface area contributed by atoms with Crippen molar-refractivity contribution in [2.75, 3.05) is 11.9 Å². The van der Waals surface area contributed by atoms with E-state index in [1.165, 1.54) is 12.1 Å². The highest BCUT2D eigenvalue weighted by Gasteiger charge is 2.09. The lowest BCUT2D eigenvalue weighted by atomic mass is 10.1. The SMILES string of the molecule is C[C@@H](NCC(=O)Nc1ccccc1F)c1cccc(Cl)c1. The number of nitrogens with one attached hydrogen (secondary N) is 2. The van der Waals surface area contributed by atoms with Crippen LogP contribution >= 0.6 is 11.6 Å². The van der Waals surface area contributed by atoms with Gasteiger partial charge in [-0.25, -0.2) is 4.39 Å². The van der Waals surface area contributed by atoms with E-state index >= 15 is 0 Å². The van der Waals surface area contributed by atoms with Crippen LogP contribution in [0.1, 0.15) is 18.5 Å². The number of carbonyl (C=O) groups excluding carboxylic acids is 1. The Morgan fingerprint density at radius 2 is 2.00 bits per heavy atom. The average molecular weight is 307 g/mol. The molecule has 0 aliphatic heterocycles. The summed E-state index contributed by atoms with van der Waals surface area (Å²) >= 11 is 5.93. The molecule has 2 rings (SSSR count). The highest BCUT2D eigenvalue weighted by atomic mass is 35.5. The standard InChI is InChI=1S/C16H16ClFN2O/c1-11(12-5-4-6-13(17)9-12)19-10-16(21)20-15-8-3-2-7-14(15)18/h2-9,11,19H,10H2,1H3,(H,20,21)/t11-/m1/s1. The maximum Gasteiger partial charge on any atom is 0.238 e. The minimum Gasteiger partial charge on any atom is -0.322 e. The Bertz CT molecular complexity index is 633. The predicted molar refractivity (Wildman–Crippen MR) is 82.9 cm³/mol. The summed E-state index contributed by atoms with van der Waals surface area (Å²) in [7, 11) is 0. The summed E-state index contributed by atoms with van der Waals surface area (Å²) in [5, 5.41) is 6.25. The molecule has 110 valence electrons. The molecule has 0 aliphatic rings. The van der Waals surface area contributed by atoms with E-state index in [1.807, 2.05) is 25.1 Å². The van der Waals surface area contributed by atoms with Gasteiger partial charge in [-0.1, -0.05) is 35.9 Å². The Kier molecular flexibility index (Phi) is 5.31. The van der Waals surface area contributed by atoms with Gasteiger partial charge in [-0.3, -0.25) is 4.79 Å². The van der Waals surface area contributed by atoms with E-state index in [1.54, 1.807) is 18.2 Å². The molecule has 0 bridgehead atoms. The topological polar surface area (TPSA) is 41.1 Å². The first kappa shape index (κ1) is 15.5. The number of halogens is 2. The summed E-state index contributed by atoms with van der Waals surface area (Å²) < 4.78 is 13.4. The Balaban J connectivity index is 1.88. The maximum atomic E-state index is 13.4. The van der Waals surface area contributed by atoms with E-state index in [4.69, 9.17) is 11.6 Å². The van der Waals surface area contributed by atoms with Crippen LogP contribution in [-0.4, -0.2) is 12.5 Å². The Labute approximate surface area is 128 Å². The highest BCUT2D eigenvalue weighted by Crippen LogP contribution is 2.17. The molecule has 1 atom stereocenters. The van der Waals surface area contributed by atoms with Crippen LogP contribution in [0.25, 0.3) is 0 Å². The lowest BCUT2D eigenvalue weighted by Gasteiger charge is -2.14. The molecular weight excluding hydrogens is 291 g/mol. The zero-order chi connectivity index (χ0) is 15.2. The largest absolute Gasteiger partial charge is 0.322 e. The zero-order valence-electron chi connectivity index (χ0n) is 11.6. The van der Waals surface area contributed by atoms with Gasteiger partial charge in [0.15, 0.2) is 0 Å². The molecular formula is C16H16ClFN2O. The van der Waals surface area contributed by atoms with Crippen molar-refractivity contribution >= 4 is 23.2 Å². The summed E-state index contributed by atoms with van der Waals surface area (Å²) in [6, 6.07) is 13.5. The van der Waals surface area contributed by atoms with Crippen molar-refractivity contribution in [1.29, 1.82) is 0 Å². The van der Waals surface area contributed by atoms with Gasteiger partial charge >= 0.3 is 0 Å². The second-order valence-electron chi connectivity index (χ2n) is 4.69. The first-order chi connectivity index (χ1) is 10.1. The molecule has 0 unspecified atom stereocenters. The van der Waals surface area contributed by atoms with E-state index in [0.29, 0.717) is 5.02 Å². The summed E-state index contributed by atoms with van der Waals surface area (Å²) in [6.07, 6.45) is 0. The number of anilines is 1. The van der Waals surface area contributed by atoms with Gasteiger partial charge in [0.1, 0.15) is 5.82 Å². The van der Waals surface area contributed by atoms with E-state index in [0.717, 1.165) is 5.56 Å². The fourth-order valence-electron chi connectivity index (χ4n) is 1.90. The normalized spacial score (nSPS) is 12.0. The summed E-state index contributed by atoms with van der Waals surface area (Å²) in [5.74, 6) is -0.747. The van der Waals surface area contributed by atoms with Crippen molar-refractivity contribution < 1.29 is 9.18 Å². The van der Waals surface area contributed by atoms with Gasteiger partial charge < -0.3 is 10.6 Å². The summed E-state index contributed by atoms with van der Waals surface area (Å²) in [5.41, 5.74) is 1.17. The summed E-state index contributed by atoms with van der Waals surface area (Å²) in [6.45, 7) is 2.02. The average Bonchev–Trinajstić information content (AvgIpc) is 2.47. The third-order valence-electron chi connectivity index (χ3n) is 3.07. The van der Waals surface area contributed by atoms with E-state index in [2.05, 4.69) is 10.6 Å². The smallest absolute Gasteiger partial charge is 0.238 e. The first-order valence-corrected chi connectivity index (χ1v) is 6.97. The molecule has 0 aromatic heterocycles. The van der Waals surface area contributed by atoms with Crippen molar-refractivity contribution in [3.05, 3.63) is 64.9 Å². The van der Waals surface area contributed by atoms with Crippen LogP contribution in [-0.2, 0) is 4.79 Å². The van der Waals surface area contributed by atoms with E-state index < -0.39 is 5.82 Å². The minimum atomic E-state index is -0.450. The molecule has 0 saturated carbocycles. The lowest BCUT2D eigenvalue weighted by molar-refractivity contribution is -0.115. The highest BCUT2D eigenvalue weighted by molar-refractivity contribution is 6.30. The van der Waals surface area contributed by atoms with Crippen molar-refractivity contribution in [3.8, 4) is 0 Å². The van der Waals surface area contributed by atoms with Crippen molar-refractivity contribution in [1.82, 2.24) is 5.32 Å². The molecule has 0 fully saturated rings. The number of hydrogen-bond acceptors (Lipinski definition) is 2. The Hall–Kier alpha value is -1.91. The first-order valence-electron chi connectivity index (χ1n) is 6.59. The quantitative estimate of drug-likeness (QED) is 0.883. The van der Waals surface area contributed by atoms with Gasteiger partial charge in [0.2, 0.25) is 5.91 Å². The van der Waals surface area contributed by atoms with Crippen LogP contribution in [0.5, 0.6) is 0 Å². The molecule has 2 aromatic rings. The van der Waals surface area contributed by atoms with E-state index in [-0.39, 0.29) is 24.2 Å². The van der Waals surface area contributed by atoms with Gasteiger partial charge in [-0.15, -0.1) is 0 Å². The minimum absolute atomic E-state index is 0.0323. The second kappa shape index (κ2) is 7.20. The van der Waals surface area contributed by atoms with Gasteiger partial charge in [0.25, 0.3) is 0 Å². The van der Waals surface area contributed by atoms with Gasteiger partial charge in [-0.05, 0) is 36.8 Å². The van der Waals surface area contributed by atoms with E-state index in [9.17, 15) is 9.18 Å². The molecule has 0 aliphatic carbocycles. The molecule has 21 heavy (non-hydrogen) atoms. The molecule has 2 N–H and O–H groups in total. The predicted octanol–water partition coefficient (Wildman–Crippen LogP) is 3.77. The van der Waals surface area contributed by atoms with Crippen LogP contribution in [0.4, 0.5) is 10.1 Å². The molecule has 3 nitrogen and oxygen atoms in total. The fraction of sp³-hybridized carbons (Fsp3) is 0.188. The van der Waals surface area contributed by atoms with Crippen LogP contribution in [0.2, 0.25) is 5.02 Å². The Morgan fingerprint density at radius 1 is 1.24 bits per heavy atom. The molecule has 2 aromatic carbocycles. The van der Waals surface area contributed by atoms with Crippen LogP contribution in [0.3, 0.4) is 0 Å². The van der Waals surface area contributed by atoms with Crippen molar-refractivity contribution in [3.63, 3.8) is 0 Å². The summed E-state index contributed by atoms with van der Waals surface area (Å²) in [4.78, 5) is 11.8. The monoisotopic (exact) mass is 306 g/mol. The second-order valence-corrected chi connectivity index (χ2v) is 5.12. The molecule has 0 heterocycles. The van der Waals surface area contributed by atoms with Gasteiger partial charge in [0, 0.05) is 11.1 Å². The number of para-hydroxylation sites is 1. The number of carbonyl (C=O) groups is 1. The molecule has 0 radical (unpaired) electrons. The third-order valence-corrected chi connectivity index (χ3v) is 3.30. The fourth-order valence-corrected chi connectivity index (χ4v) is 2.10. The zero-order valence-corrected chi connectivity index (χ0v) is 12.3. The lowest BCUT2D eigenvalue weighted by Crippen LogP contribution is -2.30. The number of hydrogen-bond donors (Lipinski definition) is 2. The van der Waals surface area contributed by atoms with Crippen molar-refractivity contribution in [2.24, 2.45) is 0 Å². The number of amides is 1. The molecule has 1 amide bonds. The third kappa shape index (κ3) is 4.55. The number of benzene rings is 2. The molecule has 0 spiro atoms. The Morgan fingerprint density at radius 3 is 2.71 bits per heavy atom. The maximum absolute atomic E-state index is 13.4. The van der Waals surface area contributed by atoms with Gasteiger partial charge in [-0.2, -0.15) is 0 Å². The van der Waals surface area contributed by atoms with Crippen LogP contribution in [0, 0.1) is 5.82 Å².